The number of aliphatic hydroxyl groups excluding tert-OH is 1. The largest absolute Gasteiger partial charge is 0.508 e. The highest BCUT2D eigenvalue weighted by molar-refractivity contribution is 5.44. The third-order valence-corrected chi connectivity index (χ3v) is 2.73. The van der Waals surface area contributed by atoms with E-state index in [1.54, 1.807) is 19.1 Å². The van der Waals surface area contributed by atoms with Gasteiger partial charge in [0.15, 0.2) is 0 Å². The van der Waals surface area contributed by atoms with Crippen LogP contribution in [0.3, 0.4) is 0 Å². The van der Waals surface area contributed by atoms with Gasteiger partial charge in [-0.05, 0) is 25.5 Å². The van der Waals surface area contributed by atoms with Gasteiger partial charge in [-0.1, -0.05) is 12.1 Å². The molecule has 2 rings (SSSR count). The van der Waals surface area contributed by atoms with E-state index < -0.39 is 19.1 Å². The second kappa shape index (κ2) is 3.26. The molecule has 3 nitrogen and oxygen atoms in total. The number of fused-ring (bicyclic) bond motifs is 1. The van der Waals surface area contributed by atoms with Crippen LogP contribution in [-0.4, -0.2) is 28.6 Å². The molecule has 0 saturated heterocycles. The van der Waals surface area contributed by atoms with Crippen LogP contribution >= 0.6 is 0 Å². The van der Waals surface area contributed by atoms with Crippen LogP contribution in [0.1, 0.15) is 34.3 Å². The maximum absolute atomic E-state index is 9.93. The Morgan fingerprint density at radius 3 is 3.07 bits per heavy atom. The molecule has 2 atom stereocenters. The molecule has 1 aliphatic rings. The Kier molecular flexibility index (Phi) is 1.50. The summed E-state index contributed by atoms with van der Waals surface area (Å²) in [5, 5.41) is 19.7. The minimum absolute atomic E-state index is 0.0306. The molecule has 2 unspecified atom stereocenters. The Morgan fingerprint density at radius 1 is 1.57 bits per heavy atom. The van der Waals surface area contributed by atoms with Crippen LogP contribution in [0.15, 0.2) is 18.2 Å². The third-order valence-electron chi connectivity index (χ3n) is 2.73. The number of hydrogen-bond acceptors (Lipinski definition) is 3. The maximum atomic E-state index is 9.93. The van der Waals surface area contributed by atoms with Crippen molar-refractivity contribution in [3.05, 3.63) is 29.3 Å². The molecule has 0 spiro atoms. The minimum Gasteiger partial charge on any atom is -0.508 e. The second-order valence-electron chi connectivity index (χ2n) is 3.62. The number of likely N-dealkylation sites (N-methyl/N-ethyl adjacent to an activating group) is 1. The molecule has 0 aliphatic carbocycles. The third kappa shape index (κ3) is 1.29. The summed E-state index contributed by atoms with van der Waals surface area (Å²) in [6.45, 7) is -0.509. The van der Waals surface area contributed by atoms with Gasteiger partial charge in [0.25, 0.3) is 0 Å². The quantitative estimate of drug-likeness (QED) is 0.659. The average molecular weight is 196 g/mol. The van der Waals surface area contributed by atoms with Crippen LogP contribution in [-0.2, 0) is 0 Å². The Balaban J connectivity index is 2.50. The molecule has 14 heavy (non-hydrogen) atoms. The lowest BCUT2D eigenvalue weighted by atomic mass is 9.91. The van der Waals surface area contributed by atoms with Crippen molar-refractivity contribution in [2.75, 3.05) is 13.5 Å². The molecule has 2 N–H and O–H groups in total. The molecule has 0 bridgehead atoms. The number of nitrogens with zero attached hydrogens (tertiary/aromatic N) is 1. The van der Waals surface area contributed by atoms with Gasteiger partial charge in [0.2, 0.25) is 0 Å². The summed E-state index contributed by atoms with van der Waals surface area (Å²) in [6.07, 6.45) is -0.881. The molecule has 0 amide bonds. The fraction of sp³-hybridized carbons (Fsp3) is 0.455. The average Bonchev–Trinajstić information content (AvgIpc) is 2.21. The number of benzene rings is 1. The number of phenolic OH excluding ortho intramolecular Hbond substituents is 1. The topological polar surface area (TPSA) is 43.7 Å². The van der Waals surface area contributed by atoms with Gasteiger partial charge < -0.3 is 10.2 Å². The summed E-state index contributed by atoms with van der Waals surface area (Å²) in [5.74, 6) is 0.0306. The number of aliphatic hydroxyl groups is 1. The van der Waals surface area contributed by atoms with Crippen LogP contribution in [0.4, 0.5) is 0 Å². The van der Waals surface area contributed by atoms with Crippen molar-refractivity contribution in [2.45, 2.75) is 19.1 Å². The standard InChI is InChI=1S/C11H15NO2/c1-7-11-8(4-3-5-9(11)13)10(14)6-12(7)2/h3-5,7,10,13-14H,6H2,1-2H3/i2D3. The van der Waals surface area contributed by atoms with Gasteiger partial charge in [-0.25, -0.2) is 0 Å². The summed E-state index contributed by atoms with van der Waals surface area (Å²) in [5.41, 5.74) is 1.11. The van der Waals surface area contributed by atoms with Gasteiger partial charge in [-0.3, -0.25) is 4.90 Å². The molecule has 0 radical (unpaired) electrons. The number of phenols is 1. The van der Waals surface area contributed by atoms with E-state index in [0.717, 1.165) is 0 Å². The van der Waals surface area contributed by atoms with Crippen molar-refractivity contribution in [3.63, 3.8) is 0 Å². The highest BCUT2D eigenvalue weighted by Gasteiger charge is 2.28. The first-order valence-electron chi connectivity index (χ1n) is 6.09. The van der Waals surface area contributed by atoms with Crippen molar-refractivity contribution >= 4 is 0 Å². The molecule has 0 fully saturated rings. The Morgan fingerprint density at radius 2 is 2.36 bits per heavy atom. The van der Waals surface area contributed by atoms with Gasteiger partial charge >= 0.3 is 0 Å². The highest BCUT2D eigenvalue weighted by atomic mass is 16.3. The van der Waals surface area contributed by atoms with Crippen molar-refractivity contribution in [2.24, 2.45) is 0 Å². The normalized spacial score (nSPS) is 31.4. The number of aromatic hydroxyl groups is 1. The van der Waals surface area contributed by atoms with Crippen LogP contribution in [0.2, 0.25) is 0 Å². The summed E-state index contributed by atoms with van der Waals surface area (Å²) >= 11 is 0. The van der Waals surface area contributed by atoms with Gasteiger partial charge in [-0.2, -0.15) is 0 Å². The highest BCUT2D eigenvalue weighted by Crippen LogP contribution is 2.38. The fourth-order valence-corrected chi connectivity index (χ4v) is 1.91. The second-order valence-corrected chi connectivity index (χ2v) is 3.62. The number of hydrogen-bond donors (Lipinski definition) is 2. The molecule has 76 valence electrons. The molecule has 1 aliphatic heterocycles. The molecule has 1 aromatic carbocycles. The van der Waals surface area contributed by atoms with Gasteiger partial charge in [-0.15, -0.1) is 0 Å². The summed E-state index contributed by atoms with van der Waals surface area (Å²) in [4.78, 5) is 1.22. The number of rotatable bonds is 0. The zero-order valence-electron chi connectivity index (χ0n) is 10.9. The molecule has 0 aromatic heterocycles. The summed E-state index contributed by atoms with van der Waals surface area (Å²) < 4.78 is 22.3. The van der Waals surface area contributed by atoms with E-state index in [0.29, 0.717) is 11.1 Å². The van der Waals surface area contributed by atoms with E-state index >= 15 is 0 Å². The van der Waals surface area contributed by atoms with E-state index in [4.69, 9.17) is 4.11 Å². The first-order valence-corrected chi connectivity index (χ1v) is 4.59. The molecular weight excluding hydrogens is 178 g/mol. The Bertz CT molecular complexity index is 433. The summed E-state index contributed by atoms with van der Waals surface area (Å²) in [6, 6.07) is 4.43. The smallest absolute Gasteiger partial charge is 0.120 e. The van der Waals surface area contributed by atoms with Crippen LogP contribution in [0.5, 0.6) is 5.75 Å². The first-order chi connectivity index (χ1) is 7.82. The molecular formula is C11H15NO2. The zero-order valence-corrected chi connectivity index (χ0v) is 7.94. The van der Waals surface area contributed by atoms with Crippen molar-refractivity contribution in [1.82, 2.24) is 4.90 Å². The van der Waals surface area contributed by atoms with Gasteiger partial charge in [0, 0.05) is 22.3 Å². The van der Waals surface area contributed by atoms with Gasteiger partial charge in [0.1, 0.15) is 5.75 Å². The maximum Gasteiger partial charge on any atom is 0.120 e. The lowest BCUT2D eigenvalue weighted by Crippen LogP contribution is -2.33. The molecule has 0 saturated carbocycles. The Hall–Kier alpha value is -1.06. The Labute approximate surface area is 87.8 Å². The van der Waals surface area contributed by atoms with E-state index in [1.165, 1.54) is 11.0 Å². The van der Waals surface area contributed by atoms with Crippen LogP contribution in [0, 0.1) is 0 Å². The predicted molar refractivity (Wildman–Crippen MR) is 54.1 cm³/mol. The minimum atomic E-state index is -2.28. The number of β-amino-alcohol motifs (C(OH)–C–C–N with tert-alkyl or cyclic N) is 1. The fourth-order valence-electron chi connectivity index (χ4n) is 1.91. The van der Waals surface area contributed by atoms with Crippen LogP contribution < -0.4 is 0 Å². The van der Waals surface area contributed by atoms with E-state index in [1.807, 2.05) is 0 Å². The lowest BCUT2D eigenvalue weighted by Gasteiger charge is -2.35. The molecule has 1 heterocycles. The van der Waals surface area contributed by atoms with Crippen molar-refractivity contribution in [3.8, 4) is 5.75 Å². The van der Waals surface area contributed by atoms with E-state index in [-0.39, 0.29) is 12.3 Å². The van der Waals surface area contributed by atoms with Crippen LogP contribution in [0.25, 0.3) is 0 Å². The molecule has 3 heteroatoms. The zero-order chi connectivity index (χ0) is 12.8. The monoisotopic (exact) mass is 196 g/mol. The van der Waals surface area contributed by atoms with Crippen molar-refractivity contribution in [1.29, 1.82) is 0 Å². The lowest BCUT2D eigenvalue weighted by molar-refractivity contribution is 0.0875. The van der Waals surface area contributed by atoms with E-state index in [9.17, 15) is 10.2 Å². The van der Waals surface area contributed by atoms with Gasteiger partial charge in [0.05, 0.1) is 6.10 Å². The molecule has 1 aromatic rings. The predicted octanol–water partition coefficient (Wildman–Crippen LogP) is 1.43. The first kappa shape index (κ1) is 6.43. The van der Waals surface area contributed by atoms with Crippen molar-refractivity contribution < 1.29 is 14.3 Å². The SMILES string of the molecule is [2H]C([2H])([2H])N1CC(O)c2cccc(O)c2C1C. The summed E-state index contributed by atoms with van der Waals surface area (Å²) in [7, 11) is 0. The van der Waals surface area contributed by atoms with E-state index in [2.05, 4.69) is 0 Å².